The summed E-state index contributed by atoms with van der Waals surface area (Å²) in [5, 5.41) is 25.7. The number of aromatic nitrogens is 2. The summed E-state index contributed by atoms with van der Waals surface area (Å²) in [7, 11) is 0. The summed E-state index contributed by atoms with van der Waals surface area (Å²) in [6, 6.07) is 0. The summed E-state index contributed by atoms with van der Waals surface area (Å²) in [6.07, 6.45) is 5.16. The van der Waals surface area contributed by atoms with Gasteiger partial charge in [0.15, 0.2) is 5.75 Å². The molecule has 1 aliphatic rings. The van der Waals surface area contributed by atoms with Crippen molar-refractivity contribution in [3.63, 3.8) is 0 Å². The van der Waals surface area contributed by atoms with Crippen LogP contribution in [-0.4, -0.2) is 20.0 Å². The van der Waals surface area contributed by atoms with Gasteiger partial charge in [-0.2, -0.15) is 5.10 Å². The van der Waals surface area contributed by atoms with Gasteiger partial charge in [0, 0.05) is 5.41 Å². The molecule has 2 aromatic rings. The highest BCUT2D eigenvalue weighted by Crippen LogP contribution is 2.48. The van der Waals surface area contributed by atoms with Crippen molar-refractivity contribution in [1.29, 1.82) is 0 Å². The summed E-state index contributed by atoms with van der Waals surface area (Å²) in [6.45, 7) is 10.0. The summed E-state index contributed by atoms with van der Waals surface area (Å²) < 4.78 is 1.53. The van der Waals surface area contributed by atoms with Gasteiger partial charge >= 0.3 is 0 Å². The molecule has 26 heavy (non-hydrogen) atoms. The predicted octanol–water partition coefficient (Wildman–Crippen LogP) is 3.17. The topological polar surface area (TPSA) is 92.4 Å². The Morgan fingerprint density at radius 1 is 1.04 bits per heavy atom. The summed E-state index contributed by atoms with van der Waals surface area (Å²) >= 11 is 0. The van der Waals surface area contributed by atoms with Crippen LogP contribution in [0.3, 0.4) is 0 Å². The molecule has 1 heterocycles. The van der Waals surface area contributed by atoms with Crippen LogP contribution in [0.15, 0.2) is 9.59 Å². The first-order chi connectivity index (χ1) is 12.0. The SMILES string of the molecule is CCC(C)(C)n1nc(C(C)(C)C2CCCC2)c(-c2c(O)c(=O)c2=O)c1O. The first kappa shape index (κ1) is 18.7. The van der Waals surface area contributed by atoms with Crippen molar-refractivity contribution >= 4 is 0 Å². The molecule has 0 spiro atoms. The van der Waals surface area contributed by atoms with E-state index < -0.39 is 22.1 Å². The average Bonchev–Trinajstić information content (AvgIpc) is 3.24. The fourth-order valence-electron chi connectivity index (χ4n) is 4.11. The molecule has 0 saturated heterocycles. The Hall–Kier alpha value is -2.11. The van der Waals surface area contributed by atoms with E-state index in [2.05, 4.69) is 13.8 Å². The van der Waals surface area contributed by atoms with Crippen LogP contribution in [-0.2, 0) is 11.0 Å². The number of nitrogens with zero attached hydrogens (tertiary/aromatic N) is 2. The van der Waals surface area contributed by atoms with Gasteiger partial charge in [0.25, 0.3) is 5.43 Å². The zero-order valence-corrected chi connectivity index (χ0v) is 16.2. The van der Waals surface area contributed by atoms with Gasteiger partial charge in [-0.15, -0.1) is 0 Å². The third-order valence-electron chi connectivity index (χ3n) is 6.42. The second kappa shape index (κ2) is 5.96. The highest BCUT2D eigenvalue weighted by molar-refractivity contribution is 5.80. The van der Waals surface area contributed by atoms with E-state index in [1.807, 2.05) is 20.8 Å². The van der Waals surface area contributed by atoms with E-state index in [1.165, 1.54) is 4.68 Å². The lowest BCUT2D eigenvalue weighted by molar-refractivity contribution is 0.255. The summed E-state index contributed by atoms with van der Waals surface area (Å²) in [4.78, 5) is 23.7. The second-order valence-electron chi connectivity index (χ2n) is 8.71. The minimum atomic E-state index is -0.897. The van der Waals surface area contributed by atoms with Crippen molar-refractivity contribution in [2.75, 3.05) is 0 Å². The smallest absolute Gasteiger partial charge is 0.268 e. The van der Waals surface area contributed by atoms with Crippen LogP contribution in [0.25, 0.3) is 11.1 Å². The first-order valence-corrected chi connectivity index (χ1v) is 9.39. The van der Waals surface area contributed by atoms with E-state index in [9.17, 15) is 19.8 Å². The molecule has 1 aliphatic carbocycles. The maximum atomic E-state index is 12.1. The summed E-state index contributed by atoms with van der Waals surface area (Å²) in [5.74, 6) is -0.342. The lowest BCUT2D eigenvalue weighted by Gasteiger charge is -2.31. The molecule has 0 aliphatic heterocycles. The molecule has 2 N–H and O–H groups in total. The monoisotopic (exact) mass is 360 g/mol. The standard InChI is InChI=1S/C20H28N2O4/c1-6-19(2,3)22-18(26)13(12-14(23)16(25)15(12)24)17(21-22)20(4,5)11-9-7-8-10-11/h11,23,26H,6-10H2,1-5H3. The molecule has 6 nitrogen and oxygen atoms in total. The van der Waals surface area contributed by atoms with Gasteiger partial charge in [-0.25, -0.2) is 4.68 Å². The predicted molar refractivity (Wildman–Crippen MR) is 101 cm³/mol. The van der Waals surface area contributed by atoms with E-state index in [1.54, 1.807) is 0 Å². The van der Waals surface area contributed by atoms with E-state index in [0.29, 0.717) is 11.6 Å². The number of rotatable bonds is 5. The van der Waals surface area contributed by atoms with Crippen LogP contribution in [0.1, 0.15) is 72.4 Å². The second-order valence-corrected chi connectivity index (χ2v) is 8.71. The Bertz CT molecular complexity index is 907. The van der Waals surface area contributed by atoms with E-state index in [4.69, 9.17) is 5.10 Å². The number of hydrogen-bond donors (Lipinski definition) is 2. The molecular weight excluding hydrogens is 332 g/mol. The Morgan fingerprint density at radius 3 is 2.12 bits per heavy atom. The zero-order valence-electron chi connectivity index (χ0n) is 16.2. The van der Waals surface area contributed by atoms with Gasteiger partial charge in [-0.3, -0.25) is 9.59 Å². The van der Waals surface area contributed by atoms with Crippen molar-refractivity contribution in [3.8, 4) is 22.8 Å². The Kier molecular flexibility index (Phi) is 4.28. The largest absolute Gasteiger partial charge is 0.503 e. The number of aromatic hydroxyl groups is 2. The quantitative estimate of drug-likeness (QED) is 0.799. The highest BCUT2D eigenvalue weighted by Gasteiger charge is 2.42. The summed E-state index contributed by atoms with van der Waals surface area (Å²) in [5.41, 5.74) is -1.77. The van der Waals surface area contributed by atoms with Crippen LogP contribution in [0.4, 0.5) is 0 Å². The van der Waals surface area contributed by atoms with Gasteiger partial charge in [0.2, 0.25) is 11.3 Å². The lowest BCUT2D eigenvalue weighted by atomic mass is 9.73. The molecule has 1 aromatic heterocycles. The van der Waals surface area contributed by atoms with Crippen LogP contribution >= 0.6 is 0 Å². The van der Waals surface area contributed by atoms with Crippen LogP contribution in [0.2, 0.25) is 0 Å². The molecule has 0 radical (unpaired) electrons. The fraction of sp³-hybridized carbons (Fsp3) is 0.650. The molecule has 142 valence electrons. The molecule has 6 heteroatoms. The molecule has 3 rings (SSSR count). The third-order valence-corrected chi connectivity index (χ3v) is 6.42. The molecule has 0 amide bonds. The minimum absolute atomic E-state index is 0.0910. The average molecular weight is 360 g/mol. The van der Waals surface area contributed by atoms with Crippen molar-refractivity contribution < 1.29 is 10.2 Å². The third kappa shape index (κ3) is 2.49. The Balaban J connectivity index is 2.28. The first-order valence-electron chi connectivity index (χ1n) is 9.39. The molecule has 1 aromatic carbocycles. The normalized spacial score (nSPS) is 16.7. The van der Waals surface area contributed by atoms with Crippen molar-refractivity contribution in [2.45, 2.75) is 77.7 Å². The molecule has 0 atom stereocenters. The molecule has 0 unspecified atom stereocenters. The van der Waals surface area contributed by atoms with Gasteiger partial charge < -0.3 is 10.2 Å². The van der Waals surface area contributed by atoms with Crippen LogP contribution < -0.4 is 10.9 Å². The van der Waals surface area contributed by atoms with E-state index in [-0.39, 0.29) is 22.4 Å². The van der Waals surface area contributed by atoms with Crippen molar-refractivity contribution in [1.82, 2.24) is 9.78 Å². The maximum absolute atomic E-state index is 12.1. The Morgan fingerprint density at radius 2 is 1.62 bits per heavy atom. The maximum Gasteiger partial charge on any atom is 0.268 e. The molecule has 1 fully saturated rings. The van der Waals surface area contributed by atoms with Gasteiger partial charge in [0.05, 0.1) is 22.4 Å². The van der Waals surface area contributed by atoms with Gasteiger partial charge in [-0.05, 0) is 39.0 Å². The highest BCUT2D eigenvalue weighted by atomic mass is 16.3. The van der Waals surface area contributed by atoms with E-state index in [0.717, 1.165) is 32.1 Å². The molecular formula is C20H28N2O4. The van der Waals surface area contributed by atoms with Gasteiger partial charge in [-0.1, -0.05) is 33.6 Å². The van der Waals surface area contributed by atoms with Crippen molar-refractivity contribution in [2.24, 2.45) is 5.92 Å². The molecule has 0 bridgehead atoms. The van der Waals surface area contributed by atoms with E-state index >= 15 is 0 Å². The number of hydrogen-bond acceptors (Lipinski definition) is 5. The van der Waals surface area contributed by atoms with Gasteiger partial charge in [0.1, 0.15) is 0 Å². The van der Waals surface area contributed by atoms with Crippen molar-refractivity contribution in [3.05, 3.63) is 26.1 Å². The molecule has 1 saturated carbocycles. The fourth-order valence-corrected chi connectivity index (χ4v) is 4.11. The van der Waals surface area contributed by atoms with Crippen LogP contribution in [0.5, 0.6) is 11.6 Å². The minimum Gasteiger partial charge on any atom is -0.503 e. The Labute approximate surface area is 153 Å². The van der Waals surface area contributed by atoms with Crippen LogP contribution in [0, 0.1) is 5.92 Å². The zero-order chi connectivity index (χ0) is 19.4. The lowest BCUT2D eigenvalue weighted by Crippen LogP contribution is -2.34.